The Morgan fingerprint density at radius 3 is 2.76 bits per heavy atom. The minimum absolute atomic E-state index is 0.369. The number of nitrogens with zero attached hydrogens (tertiary/aromatic N) is 4. The molecule has 0 aliphatic carbocycles. The molecule has 0 amide bonds. The minimum Gasteiger partial charge on any atom is -0.469 e. The van der Waals surface area contributed by atoms with Gasteiger partial charge in [0.05, 0.1) is 5.69 Å². The fourth-order valence-electron chi connectivity index (χ4n) is 1.42. The Hall–Kier alpha value is -1.91. The molecule has 2 aromatic heterocycles. The first-order valence-electron chi connectivity index (χ1n) is 5.57. The van der Waals surface area contributed by atoms with Crippen LogP contribution in [0.3, 0.4) is 0 Å². The lowest BCUT2D eigenvalue weighted by Gasteiger charge is -2.07. The van der Waals surface area contributed by atoms with Gasteiger partial charge in [-0.05, 0) is 5.92 Å². The molecule has 2 aromatic rings. The highest BCUT2D eigenvalue weighted by Gasteiger charge is 2.05. The summed E-state index contributed by atoms with van der Waals surface area (Å²) in [6.07, 6.45) is 5.17. The van der Waals surface area contributed by atoms with Gasteiger partial charge in [-0.3, -0.25) is 0 Å². The van der Waals surface area contributed by atoms with E-state index in [2.05, 4.69) is 28.8 Å². The summed E-state index contributed by atoms with van der Waals surface area (Å²) in [5.74, 6) is 1.83. The molecule has 0 atom stereocenters. The van der Waals surface area contributed by atoms with Crippen LogP contribution in [0.5, 0.6) is 5.88 Å². The van der Waals surface area contributed by atoms with Gasteiger partial charge in [-0.15, -0.1) is 0 Å². The number of rotatable bonds is 4. The average Bonchev–Trinajstić information content (AvgIpc) is 2.72. The quantitative estimate of drug-likeness (QED) is 0.808. The summed E-state index contributed by atoms with van der Waals surface area (Å²) in [5.41, 5.74) is 0.981. The summed E-state index contributed by atoms with van der Waals surface area (Å²) in [7, 11) is 1.94. The fraction of sp³-hybridized carbons (Fsp3) is 0.417. The van der Waals surface area contributed by atoms with E-state index in [1.54, 1.807) is 6.20 Å². The zero-order valence-electron chi connectivity index (χ0n) is 10.3. The number of hydrogen-bond acceptors (Lipinski definition) is 4. The first-order chi connectivity index (χ1) is 8.16. The molecule has 90 valence electrons. The summed E-state index contributed by atoms with van der Waals surface area (Å²) >= 11 is 0. The van der Waals surface area contributed by atoms with E-state index in [0.29, 0.717) is 18.4 Å². The van der Waals surface area contributed by atoms with Gasteiger partial charge in [-0.1, -0.05) is 13.8 Å². The normalized spacial score (nSPS) is 10.8. The third-order valence-electron chi connectivity index (χ3n) is 2.52. The van der Waals surface area contributed by atoms with Crippen molar-refractivity contribution in [2.45, 2.75) is 26.4 Å². The molecule has 2 heterocycles. The molecule has 0 aliphatic heterocycles. The summed E-state index contributed by atoms with van der Waals surface area (Å²) in [5, 5.41) is 0. The SMILES string of the molecule is CC(C)c1cc(OCc2nccn2C)ncn1. The van der Waals surface area contributed by atoms with Crippen molar-refractivity contribution < 1.29 is 4.74 Å². The van der Waals surface area contributed by atoms with Gasteiger partial charge in [0.1, 0.15) is 18.8 Å². The van der Waals surface area contributed by atoms with E-state index >= 15 is 0 Å². The number of ether oxygens (including phenoxy) is 1. The molecule has 0 saturated heterocycles. The van der Waals surface area contributed by atoms with Crippen molar-refractivity contribution in [2.75, 3.05) is 0 Å². The monoisotopic (exact) mass is 232 g/mol. The lowest BCUT2D eigenvalue weighted by molar-refractivity contribution is 0.279. The lowest BCUT2D eigenvalue weighted by atomic mass is 10.1. The molecule has 0 radical (unpaired) electrons. The van der Waals surface area contributed by atoms with Crippen molar-refractivity contribution in [2.24, 2.45) is 7.05 Å². The summed E-state index contributed by atoms with van der Waals surface area (Å²) in [6, 6.07) is 1.87. The molecule has 17 heavy (non-hydrogen) atoms. The van der Waals surface area contributed by atoms with Gasteiger partial charge >= 0.3 is 0 Å². The van der Waals surface area contributed by atoms with E-state index < -0.39 is 0 Å². The van der Waals surface area contributed by atoms with Crippen LogP contribution in [-0.4, -0.2) is 19.5 Å². The third kappa shape index (κ3) is 2.81. The van der Waals surface area contributed by atoms with Crippen LogP contribution < -0.4 is 4.74 Å². The molecular weight excluding hydrogens is 216 g/mol. The summed E-state index contributed by atoms with van der Waals surface area (Å²) in [4.78, 5) is 12.5. The second kappa shape index (κ2) is 4.95. The van der Waals surface area contributed by atoms with Crippen LogP contribution in [0.25, 0.3) is 0 Å². The minimum atomic E-state index is 0.369. The smallest absolute Gasteiger partial charge is 0.216 e. The van der Waals surface area contributed by atoms with E-state index in [-0.39, 0.29) is 0 Å². The van der Waals surface area contributed by atoms with Gasteiger partial charge < -0.3 is 9.30 Å². The van der Waals surface area contributed by atoms with Crippen molar-refractivity contribution in [3.05, 3.63) is 36.3 Å². The van der Waals surface area contributed by atoms with Crippen molar-refractivity contribution in [1.82, 2.24) is 19.5 Å². The standard InChI is InChI=1S/C12H16N4O/c1-9(2)10-6-12(15-8-14-10)17-7-11-13-4-5-16(11)3/h4-6,8-9H,7H2,1-3H3. The van der Waals surface area contributed by atoms with Gasteiger partial charge in [0, 0.05) is 25.5 Å². The van der Waals surface area contributed by atoms with Crippen LogP contribution in [0.15, 0.2) is 24.8 Å². The third-order valence-corrected chi connectivity index (χ3v) is 2.52. The van der Waals surface area contributed by atoms with Crippen LogP contribution >= 0.6 is 0 Å². The van der Waals surface area contributed by atoms with Crippen molar-refractivity contribution in [3.8, 4) is 5.88 Å². The maximum Gasteiger partial charge on any atom is 0.216 e. The van der Waals surface area contributed by atoms with Gasteiger partial charge in [-0.25, -0.2) is 15.0 Å². The van der Waals surface area contributed by atoms with E-state index in [0.717, 1.165) is 11.5 Å². The molecule has 0 spiro atoms. The highest BCUT2D eigenvalue weighted by molar-refractivity contribution is 5.16. The largest absolute Gasteiger partial charge is 0.469 e. The lowest BCUT2D eigenvalue weighted by Crippen LogP contribution is -2.05. The number of aromatic nitrogens is 4. The zero-order chi connectivity index (χ0) is 12.3. The second-order valence-corrected chi connectivity index (χ2v) is 4.18. The molecule has 5 heteroatoms. The van der Waals surface area contributed by atoms with E-state index in [9.17, 15) is 0 Å². The van der Waals surface area contributed by atoms with Crippen LogP contribution in [0.1, 0.15) is 31.3 Å². The molecule has 2 rings (SSSR count). The molecule has 0 aliphatic rings. The van der Waals surface area contributed by atoms with Gasteiger partial charge in [0.2, 0.25) is 5.88 Å². The number of aryl methyl sites for hydroxylation is 1. The van der Waals surface area contributed by atoms with Gasteiger partial charge in [0.25, 0.3) is 0 Å². The fourth-order valence-corrected chi connectivity index (χ4v) is 1.42. The molecule has 0 bridgehead atoms. The summed E-state index contributed by atoms with van der Waals surface area (Å²) < 4.78 is 7.51. The Kier molecular flexibility index (Phi) is 3.37. The predicted molar refractivity (Wildman–Crippen MR) is 63.7 cm³/mol. The van der Waals surface area contributed by atoms with Crippen molar-refractivity contribution in [1.29, 1.82) is 0 Å². The Bertz CT molecular complexity index is 493. The Morgan fingerprint density at radius 1 is 1.29 bits per heavy atom. The van der Waals surface area contributed by atoms with Crippen LogP contribution in [0, 0.1) is 0 Å². The Morgan fingerprint density at radius 2 is 2.12 bits per heavy atom. The highest BCUT2D eigenvalue weighted by Crippen LogP contribution is 2.15. The highest BCUT2D eigenvalue weighted by atomic mass is 16.5. The van der Waals surface area contributed by atoms with E-state index in [4.69, 9.17) is 4.74 Å². The number of imidazole rings is 1. The first-order valence-corrected chi connectivity index (χ1v) is 5.57. The maximum atomic E-state index is 5.59. The van der Waals surface area contributed by atoms with Crippen molar-refractivity contribution >= 4 is 0 Å². The van der Waals surface area contributed by atoms with Crippen molar-refractivity contribution in [3.63, 3.8) is 0 Å². The summed E-state index contributed by atoms with van der Waals surface area (Å²) in [6.45, 7) is 4.59. The Labute approximate surface area is 101 Å². The average molecular weight is 232 g/mol. The van der Waals surface area contributed by atoms with Crippen LogP contribution in [0.4, 0.5) is 0 Å². The zero-order valence-corrected chi connectivity index (χ0v) is 10.3. The topological polar surface area (TPSA) is 52.8 Å². The Balaban J connectivity index is 2.04. The van der Waals surface area contributed by atoms with Gasteiger partial charge in [-0.2, -0.15) is 0 Å². The predicted octanol–water partition coefficient (Wildman–Crippen LogP) is 1.91. The molecule has 0 saturated carbocycles. The molecule has 0 N–H and O–H groups in total. The van der Waals surface area contributed by atoms with Crippen LogP contribution in [0.2, 0.25) is 0 Å². The number of hydrogen-bond donors (Lipinski definition) is 0. The van der Waals surface area contributed by atoms with Gasteiger partial charge in [0.15, 0.2) is 0 Å². The molecule has 5 nitrogen and oxygen atoms in total. The maximum absolute atomic E-state index is 5.59. The molecule has 0 unspecified atom stereocenters. The van der Waals surface area contributed by atoms with E-state index in [1.165, 1.54) is 6.33 Å². The molecular formula is C12H16N4O. The van der Waals surface area contributed by atoms with Crippen LogP contribution in [-0.2, 0) is 13.7 Å². The first kappa shape index (κ1) is 11.6. The molecule has 0 fully saturated rings. The van der Waals surface area contributed by atoms with E-state index in [1.807, 2.05) is 23.9 Å². The second-order valence-electron chi connectivity index (χ2n) is 4.18. The molecule has 0 aromatic carbocycles.